The van der Waals surface area contributed by atoms with E-state index in [4.69, 9.17) is 24.2 Å². The molecule has 4 rings (SSSR count). The summed E-state index contributed by atoms with van der Waals surface area (Å²) in [5, 5.41) is 0. The predicted molar refractivity (Wildman–Crippen MR) is 121 cm³/mol. The highest BCUT2D eigenvalue weighted by molar-refractivity contribution is 5.33. The van der Waals surface area contributed by atoms with Gasteiger partial charge in [-0.15, -0.1) is 0 Å². The second kappa shape index (κ2) is 10.4. The molecule has 1 fully saturated rings. The Kier molecular flexibility index (Phi) is 7.41. The van der Waals surface area contributed by atoms with Crippen LogP contribution in [0.4, 0.5) is 0 Å². The molecule has 6 nitrogen and oxygen atoms in total. The van der Waals surface area contributed by atoms with Crippen molar-refractivity contribution in [3.63, 3.8) is 0 Å². The van der Waals surface area contributed by atoms with Gasteiger partial charge >= 0.3 is 0 Å². The van der Waals surface area contributed by atoms with E-state index in [1.807, 2.05) is 0 Å². The number of hydrogen-bond acceptors (Lipinski definition) is 6. The molecule has 168 valence electrons. The van der Waals surface area contributed by atoms with Crippen molar-refractivity contribution < 1.29 is 14.2 Å². The van der Waals surface area contributed by atoms with Gasteiger partial charge in [0.2, 0.25) is 5.88 Å². The van der Waals surface area contributed by atoms with Gasteiger partial charge in [0.05, 0.1) is 25.0 Å². The van der Waals surface area contributed by atoms with E-state index >= 15 is 0 Å². The normalized spacial score (nSPS) is 19.7. The Balaban J connectivity index is 1.41. The van der Waals surface area contributed by atoms with E-state index < -0.39 is 0 Å². The van der Waals surface area contributed by atoms with Crippen LogP contribution in [0.25, 0.3) is 0 Å². The van der Waals surface area contributed by atoms with Crippen LogP contribution < -0.4 is 9.47 Å². The lowest BCUT2D eigenvalue weighted by atomic mass is 10.1. The number of likely N-dealkylation sites (tertiary alicyclic amines) is 1. The molecule has 0 radical (unpaired) electrons. The van der Waals surface area contributed by atoms with Crippen LogP contribution in [0.5, 0.6) is 11.6 Å². The van der Waals surface area contributed by atoms with Crippen LogP contribution in [0.1, 0.15) is 56.3 Å². The maximum Gasteiger partial charge on any atom is 0.220 e. The van der Waals surface area contributed by atoms with Gasteiger partial charge in [-0.05, 0) is 50.9 Å². The lowest BCUT2D eigenvalue weighted by Gasteiger charge is -2.33. The van der Waals surface area contributed by atoms with Crippen LogP contribution in [-0.4, -0.2) is 53.4 Å². The molecule has 0 spiro atoms. The number of nitrogens with zero attached hydrogens (tertiary/aromatic N) is 3. The number of aromatic nitrogens is 2. The molecule has 1 saturated heterocycles. The lowest BCUT2D eigenvalue weighted by molar-refractivity contribution is 0.0793. The average Bonchev–Trinajstić information content (AvgIpc) is 3.01. The van der Waals surface area contributed by atoms with Crippen LogP contribution in [0, 0.1) is 0 Å². The molecule has 3 heterocycles. The van der Waals surface area contributed by atoms with Gasteiger partial charge in [-0.3, -0.25) is 4.90 Å². The molecule has 6 heteroatoms. The predicted octanol–water partition coefficient (Wildman–Crippen LogP) is 3.98. The minimum atomic E-state index is 0.158. The van der Waals surface area contributed by atoms with Crippen molar-refractivity contribution in [2.45, 2.75) is 71.6 Å². The van der Waals surface area contributed by atoms with E-state index in [9.17, 15) is 0 Å². The van der Waals surface area contributed by atoms with Gasteiger partial charge in [0, 0.05) is 37.9 Å². The molecule has 0 bridgehead atoms. The molecule has 1 aromatic heterocycles. The van der Waals surface area contributed by atoms with Gasteiger partial charge in [0.25, 0.3) is 0 Å². The van der Waals surface area contributed by atoms with Gasteiger partial charge < -0.3 is 14.2 Å². The van der Waals surface area contributed by atoms with E-state index in [0.29, 0.717) is 6.61 Å². The average molecular weight is 426 g/mol. The van der Waals surface area contributed by atoms with Crippen LogP contribution in [0.15, 0.2) is 24.3 Å². The number of benzene rings is 1. The number of ether oxygens (including phenoxy) is 3. The van der Waals surface area contributed by atoms with Crippen LogP contribution in [0.3, 0.4) is 0 Å². The molecule has 2 aliphatic heterocycles. The summed E-state index contributed by atoms with van der Waals surface area (Å²) in [6, 6.07) is 8.47. The first-order valence-corrected chi connectivity index (χ1v) is 11.7. The van der Waals surface area contributed by atoms with Crippen molar-refractivity contribution in [2.24, 2.45) is 0 Å². The smallest absolute Gasteiger partial charge is 0.220 e. The first-order valence-electron chi connectivity index (χ1n) is 11.7. The summed E-state index contributed by atoms with van der Waals surface area (Å²) in [6.45, 7) is 10.6. The largest absolute Gasteiger partial charge is 0.491 e. The van der Waals surface area contributed by atoms with E-state index in [2.05, 4.69) is 49.9 Å². The molecule has 0 aliphatic carbocycles. The fraction of sp³-hybridized carbons (Fsp3) is 0.600. The van der Waals surface area contributed by atoms with Gasteiger partial charge in [0.15, 0.2) is 0 Å². The summed E-state index contributed by atoms with van der Waals surface area (Å²) in [6.07, 6.45) is 5.04. The Morgan fingerprint density at radius 1 is 1.13 bits per heavy atom. The maximum atomic E-state index is 6.51. The SMILES string of the molecule is CCc1nc2c(c(OC3CCCN(Cc4ccc(OC(C)C)cc4)C3)n1)CCOCC2. The minimum absolute atomic E-state index is 0.158. The molecular formula is C25H35N3O3. The fourth-order valence-electron chi connectivity index (χ4n) is 4.33. The van der Waals surface area contributed by atoms with Crippen molar-refractivity contribution in [3.8, 4) is 11.6 Å². The van der Waals surface area contributed by atoms with Gasteiger partial charge in [-0.1, -0.05) is 19.1 Å². The van der Waals surface area contributed by atoms with Crippen LogP contribution >= 0.6 is 0 Å². The second-order valence-corrected chi connectivity index (χ2v) is 8.76. The lowest BCUT2D eigenvalue weighted by Crippen LogP contribution is -2.41. The molecule has 0 N–H and O–H groups in total. The Labute approximate surface area is 185 Å². The summed E-state index contributed by atoms with van der Waals surface area (Å²) in [4.78, 5) is 12.0. The Hall–Kier alpha value is -2.18. The fourth-order valence-corrected chi connectivity index (χ4v) is 4.33. The number of rotatable bonds is 7. The molecule has 1 unspecified atom stereocenters. The molecule has 2 aromatic rings. The molecule has 1 atom stereocenters. The standard InChI is InChI=1S/C25H35N3O3/c1-4-24-26-23-12-15-29-14-11-22(23)25(27-24)31-21-6-5-13-28(17-21)16-19-7-9-20(10-8-19)30-18(2)3/h7-10,18,21H,4-6,11-17H2,1-3H3. The first-order chi connectivity index (χ1) is 15.1. The third kappa shape index (κ3) is 5.95. The highest BCUT2D eigenvalue weighted by Crippen LogP contribution is 2.26. The van der Waals surface area contributed by atoms with Crippen LogP contribution in [-0.2, 0) is 30.5 Å². The number of hydrogen-bond donors (Lipinski definition) is 0. The molecular weight excluding hydrogens is 390 g/mol. The summed E-state index contributed by atoms with van der Waals surface area (Å²) in [7, 11) is 0. The van der Waals surface area contributed by atoms with Crippen molar-refractivity contribution in [1.82, 2.24) is 14.9 Å². The second-order valence-electron chi connectivity index (χ2n) is 8.76. The quantitative estimate of drug-likeness (QED) is 0.669. The topological polar surface area (TPSA) is 56.7 Å². The van der Waals surface area contributed by atoms with E-state index in [1.165, 1.54) is 5.56 Å². The van der Waals surface area contributed by atoms with E-state index in [1.54, 1.807) is 0 Å². The van der Waals surface area contributed by atoms with Crippen LogP contribution in [0.2, 0.25) is 0 Å². The number of fused-ring (bicyclic) bond motifs is 1. The Bertz CT molecular complexity index is 854. The minimum Gasteiger partial charge on any atom is -0.491 e. The number of piperidine rings is 1. The maximum absolute atomic E-state index is 6.51. The summed E-state index contributed by atoms with van der Waals surface area (Å²) in [5.74, 6) is 2.58. The van der Waals surface area contributed by atoms with Gasteiger partial charge in [-0.25, -0.2) is 4.98 Å². The first kappa shape index (κ1) is 22.0. The van der Waals surface area contributed by atoms with Crippen molar-refractivity contribution in [1.29, 1.82) is 0 Å². The molecule has 2 aliphatic rings. The summed E-state index contributed by atoms with van der Waals surface area (Å²) >= 11 is 0. The van der Waals surface area contributed by atoms with Crippen molar-refractivity contribution in [3.05, 3.63) is 46.9 Å². The van der Waals surface area contributed by atoms with Gasteiger partial charge in [0.1, 0.15) is 17.7 Å². The zero-order chi connectivity index (χ0) is 21.6. The van der Waals surface area contributed by atoms with E-state index in [-0.39, 0.29) is 12.2 Å². The van der Waals surface area contributed by atoms with Gasteiger partial charge in [-0.2, -0.15) is 4.98 Å². The molecule has 0 amide bonds. The highest BCUT2D eigenvalue weighted by atomic mass is 16.5. The third-order valence-corrected chi connectivity index (χ3v) is 5.84. The third-order valence-electron chi connectivity index (χ3n) is 5.84. The molecule has 1 aromatic carbocycles. The van der Waals surface area contributed by atoms with Crippen molar-refractivity contribution >= 4 is 0 Å². The zero-order valence-electron chi connectivity index (χ0n) is 19.1. The van der Waals surface area contributed by atoms with Crippen molar-refractivity contribution in [2.75, 3.05) is 26.3 Å². The monoisotopic (exact) mass is 425 g/mol. The molecule has 31 heavy (non-hydrogen) atoms. The zero-order valence-corrected chi connectivity index (χ0v) is 19.1. The van der Waals surface area contributed by atoms with E-state index in [0.717, 1.165) is 87.1 Å². The number of aryl methyl sites for hydroxylation is 1. The Morgan fingerprint density at radius 2 is 1.94 bits per heavy atom. The summed E-state index contributed by atoms with van der Waals surface area (Å²) < 4.78 is 17.9. The Morgan fingerprint density at radius 3 is 2.71 bits per heavy atom. The highest BCUT2D eigenvalue weighted by Gasteiger charge is 2.25. The molecule has 0 saturated carbocycles. The summed E-state index contributed by atoms with van der Waals surface area (Å²) in [5.41, 5.74) is 3.56.